The number of hydrogen-bond acceptors (Lipinski definition) is 5. The number of sulfone groups is 2. The van der Waals surface area contributed by atoms with Crippen molar-refractivity contribution in [3.05, 3.63) is 76.3 Å². The van der Waals surface area contributed by atoms with Crippen molar-refractivity contribution in [3.63, 3.8) is 0 Å². The second-order valence-electron chi connectivity index (χ2n) is 8.56. The van der Waals surface area contributed by atoms with Crippen molar-refractivity contribution in [2.45, 2.75) is 67.0 Å². The number of phenolic OH excluding ortho intramolecular Hbond substituents is 1. The molecule has 0 heterocycles. The van der Waals surface area contributed by atoms with Crippen molar-refractivity contribution < 1.29 is 21.9 Å². The molecule has 3 aromatic rings. The highest BCUT2D eigenvalue weighted by Crippen LogP contribution is 2.39. The van der Waals surface area contributed by atoms with Crippen LogP contribution in [0, 0.1) is 27.7 Å². The van der Waals surface area contributed by atoms with Crippen LogP contribution in [0.3, 0.4) is 0 Å². The Morgan fingerprint density at radius 2 is 1.06 bits per heavy atom. The van der Waals surface area contributed by atoms with E-state index in [1.165, 1.54) is 12.1 Å². The van der Waals surface area contributed by atoms with E-state index in [2.05, 4.69) is 0 Å². The number of aromatic hydroxyl groups is 1. The SMILES string of the molecule is Cc1ccc(C)c(S(=O)(=O)c2cc(S(=O)(=O)c3cc(C)ccc3C)c(C(C)C)cc2O)c1. The summed E-state index contributed by atoms with van der Waals surface area (Å²) in [6.07, 6.45) is 0. The lowest BCUT2D eigenvalue weighted by molar-refractivity contribution is 0.456. The van der Waals surface area contributed by atoms with Crippen LogP contribution in [-0.4, -0.2) is 21.9 Å². The van der Waals surface area contributed by atoms with Crippen LogP contribution < -0.4 is 0 Å². The first-order valence-corrected chi connectivity index (χ1v) is 13.2. The largest absolute Gasteiger partial charge is 0.507 e. The first-order valence-electron chi connectivity index (χ1n) is 10.3. The van der Waals surface area contributed by atoms with Gasteiger partial charge in [0.25, 0.3) is 0 Å². The number of rotatable bonds is 5. The summed E-state index contributed by atoms with van der Waals surface area (Å²) in [4.78, 5) is -0.359. The fourth-order valence-electron chi connectivity index (χ4n) is 3.70. The summed E-state index contributed by atoms with van der Waals surface area (Å²) in [6.45, 7) is 10.5. The number of phenols is 1. The molecule has 170 valence electrons. The summed E-state index contributed by atoms with van der Waals surface area (Å²) in [5.41, 5.74) is 2.97. The van der Waals surface area contributed by atoms with E-state index in [0.29, 0.717) is 16.7 Å². The molecule has 3 rings (SSSR count). The summed E-state index contributed by atoms with van der Waals surface area (Å²) >= 11 is 0. The summed E-state index contributed by atoms with van der Waals surface area (Å²) in [6, 6.07) is 12.5. The van der Waals surface area contributed by atoms with Crippen LogP contribution in [0.4, 0.5) is 0 Å². The zero-order valence-electron chi connectivity index (χ0n) is 19.1. The number of hydrogen-bond donors (Lipinski definition) is 1. The van der Waals surface area contributed by atoms with Crippen molar-refractivity contribution in [1.29, 1.82) is 0 Å². The van der Waals surface area contributed by atoms with Gasteiger partial charge < -0.3 is 5.11 Å². The van der Waals surface area contributed by atoms with Crippen LogP contribution in [0.1, 0.15) is 47.6 Å². The van der Waals surface area contributed by atoms with Gasteiger partial charge in [-0.05, 0) is 85.7 Å². The van der Waals surface area contributed by atoms with Crippen molar-refractivity contribution in [1.82, 2.24) is 0 Å². The molecule has 0 atom stereocenters. The van der Waals surface area contributed by atoms with Gasteiger partial charge in [-0.1, -0.05) is 38.1 Å². The Morgan fingerprint density at radius 1 is 0.625 bits per heavy atom. The van der Waals surface area contributed by atoms with E-state index in [0.717, 1.165) is 17.2 Å². The average molecular weight is 473 g/mol. The minimum Gasteiger partial charge on any atom is -0.507 e. The van der Waals surface area contributed by atoms with Crippen molar-refractivity contribution in [3.8, 4) is 5.75 Å². The number of benzene rings is 3. The molecule has 0 amide bonds. The molecule has 0 bridgehead atoms. The molecular formula is C25H28O5S2. The van der Waals surface area contributed by atoms with E-state index in [-0.39, 0.29) is 20.6 Å². The van der Waals surface area contributed by atoms with E-state index in [9.17, 15) is 21.9 Å². The molecule has 0 spiro atoms. The lowest BCUT2D eigenvalue weighted by Gasteiger charge is -2.18. The van der Waals surface area contributed by atoms with E-state index in [4.69, 9.17) is 0 Å². The van der Waals surface area contributed by atoms with Crippen LogP contribution in [0.5, 0.6) is 5.75 Å². The summed E-state index contributed by atoms with van der Waals surface area (Å²) in [5, 5.41) is 10.7. The molecule has 0 saturated carbocycles. The maximum Gasteiger partial charge on any atom is 0.210 e. The molecule has 0 saturated heterocycles. The fourth-order valence-corrected chi connectivity index (χ4v) is 7.40. The molecule has 7 heteroatoms. The first kappa shape index (κ1) is 24.0. The minimum absolute atomic E-state index is 0.0418. The van der Waals surface area contributed by atoms with Crippen LogP contribution in [0.25, 0.3) is 0 Å². The third-order valence-corrected chi connectivity index (χ3v) is 9.44. The molecule has 0 aliphatic heterocycles. The molecule has 0 unspecified atom stereocenters. The van der Waals surface area contributed by atoms with Crippen LogP contribution in [-0.2, 0) is 19.7 Å². The van der Waals surface area contributed by atoms with Gasteiger partial charge >= 0.3 is 0 Å². The minimum atomic E-state index is -4.16. The topological polar surface area (TPSA) is 88.5 Å². The highest BCUT2D eigenvalue weighted by atomic mass is 32.2. The Kier molecular flexibility index (Phi) is 6.28. The monoisotopic (exact) mass is 472 g/mol. The van der Waals surface area contributed by atoms with E-state index in [1.54, 1.807) is 65.8 Å². The van der Waals surface area contributed by atoms with Gasteiger partial charge in [0, 0.05) is 0 Å². The maximum atomic E-state index is 13.7. The molecule has 3 aromatic carbocycles. The zero-order valence-corrected chi connectivity index (χ0v) is 20.7. The Morgan fingerprint density at radius 3 is 1.50 bits per heavy atom. The highest BCUT2D eigenvalue weighted by Gasteiger charge is 2.31. The Balaban J connectivity index is 2.37. The maximum absolute atomic E-state index is 13.7. The van der Waals surface area contributed by atoms with Gasteiger partial charge in [-0.3, -0.25) is 0 Å². The Bertz CT molecular complexity index is 1420. The average Bonchev–Trinajstić information content (AvgIpc) is 2.70. The molecule has 0 aliphatic rings. The fraction of sp³-hybridized carbons (Fsp3) is 0.280. The molecule has 5 nitrogen and oxygen atoms in total. The molecule has 0 aromatic heterocycles. The molecule has 0 fully saturated rings. The number of aryl methyl sites for hydroxylation is 4. The molecule has 1 N–H and O–H groups in total. The first-order chi connectivity index (χ1) is 14.8. The lowest BCUT2D eigenvalue weighted by atomic mass is 10.0. The standard InChI is InChI=1S/C25H28O5S2/c1-15(2)20-13-21(26)25(32(29,30)23-12-17(4)8-10-19(23)6)14-24(20)31(27,28)22-11-16(3)7-9-18(22)5/h7-15,26H,1-6H3. The summed E-state index contributed by atoms with van der Waals surface area (Å²) in [7, 11) is -8.21. The van der Waals surface area contributed by atoms with Gasteiger partial charge in [-0.25, -0.2) is 16.8 Å². The van der Waals surface area contributed by atoms with Crippen LogP contribution >= 0.6 is 0 Å². The normalized spacial score (nSPS) is 12.3. The van der Waals surface area contributed by atoms with Gasteiger partial charge in [-0.2, -0.15) is 0 Å². The van der Waals surface area contributed by atoms with Crippen molar-refractivity contribution in [2.75, 3.05) is 0 Å². The second kappa shape index (κ2) is 8.37. The van der Waals surface area contributed by atoms with E-state index in [1.807, 2.05) is 6.07 Å². The van der Waals surface area contributed by atoms with E-state index >= 15 is 0 Å². The highest BCUT2D eigenvalue weighted by molar-refractivity contribution is 7.92. The molecule has 0 aliphatic carbocycles. The van der Waals surface area contributed by atoms with E-state index < -0.39 is 30.3 Å². The predicted octanol–water partition coefficient (Wildman–Crippen LogP) is 5.41. The van der Waals surface area contributed by atoms with Crippen LogP contribution in [0.2, 0.25) is 0 Å². The molecular weight excluding hydrogens is 444 g/mol. The summed E-state index contributed by atoms with van der Waals surface area (Å²) < 4.78 is 54.4. The Labute approximate surface area is 190 Å². The quantitative estimate of drug-likeness (QED) is 0.536. The third-order valence-electron chi connectivity index (χ3n) is 5.56. The smallest absolute Gasteiger partial charge is 0.210 e. The second-order valence-corrected chi connectivity index (χ2v) is 12.3. The summed E-state index contributed by atoms with van der Waals surface area (Å²) in [5.74, 6) is -0.720. The van der Waals surface area contributed by atoms with Gasteiger partial charge in [0.05, 0.1) is 14.7 Å². The Hall–Kier alpha value is -2.64. The van der Waals surface area contributed by atoms with Gasteiger partial charge in [0.1, 0.15) is 10.6 Å². The predicted molar refractivity (Wildman–Crippen MR) is 125 cm³/mol. The van der Waals surface area contributed by atoms with Crippen molar-refractivity contribution >= 4 is 19.7 Å². The van der Waals surface area contributed by atoms with Gasteiger partial charge in [-0.15, -0.1) is 0 Å². The van der Waals surface area contributed by atoms with Crippen LogP contribution in [0.15, 0.2) is 68.1 Å². The van der Waals surface area contributed by atoms with Gasteiger partial charge in [0.2, 0.25) is 19.7 Å². The van der Waals surface area contributed by atoms with Crippen molar-refractivity contribution in [2.24, 2.45) is 0 Å². The lowest BCUT2D eigenvalue weighted by Crippen LogP contribution is -2.12. The van der Waals surface area contributed by atoms with Gasteiger partial charge in [0.15, 0.2) is 0 Å². The molecule has 32 heavy (non-hydrogen) atoms. The zero-order chi connectivity index (χ0) is 24.0. The molecule has 0 radical (unpaired) electrons. The third kappa shape index (κ3) is 4.19.